The molecule has 5 nitrogen and oxygen atoms in total. The van der Waals surface area contributed by atoms with Crippen molar-refractivity contribution in [2.45, 2.75) is 26.4 Å². The zero-order chi connectivity index (χ0) is 20.7. The van der Waals surface area contributed by atoms with E-state index in [1.54, 1.807) is 49.4 Å². The molecule has 0 bridgehead atoms. The number of ether oxygens (including phenoxy) is 1. The summed E-state index contributed by atoms with van der Waals surface area (Å²) in [5, 5.41) is 4.15. The Morgan fingerprint density at radius 1 is 1.11 bits per heavy atom. The molecule has 150 valence electrons. The minimum absolute atomic E-state index is 0.145. The molecule has 0 aliphatic heterocycles. The predicted molar refractivity (Wildman–Crippen MR) is 112 cm³/mol. The van der Waals surface area contributed by atoms with Crippen LogP contribution >= 0.6 is 34.8 Å². The number of rotatable bonds is 8. The van der Waals surface area contributed by atoms with Crippen LogP contribution in [0.5, 0.6) is 5.75 Å². The van der Waals surface area contributed by atoms with Crippen LogP contribution in [0.15, 0.2) is 42.5 Å². The van der Waals surface area contributed by atoms with Gasteiger partial charge in [0.15, 0.2) is 6.61 Å². The molecule has 0 aromatic heterocycles. The Bertz CT molecular complexity index is 845. The van der Waals surface area contributed by atoms with Crippen molar-refractivity contribution in [2.75, 3.05) is 13.2 Å². The first kappa shape index (κ1) is 22.3. The molecule has 2 rings (SSSR count). The second-order valence-electron chi connectivity index (χ2n) is 6.07. The first-order chi connectivity index (χ1) is 13.3. The quantitative estimate of drug-likeness (QED) is 0.650. The van der Waals surface area contributed by atoms with Crippen LogP contribution in [-0.2, 0) is 16.1 Å². The van der Waals surface area contributed by atoms with Gasteiger partial charge in [0, 0.05) is 28.2 Å². The lowest BCUT2D eigenvalue weighted by Gasteiger charge is -2.29. The molecule has 0 spiro atoms. The van der Waals surface area contributed by atoms with Gasteiger partial charge in [-0.2, -0.15) is 0 Å². The molecule has 0 saturated carbocycles. The number of nitrogens with zero attached hydrogens (tertiary/aromatic N) is 1. The second-order valence-corrected chi connectivity index (χ2v) is 7.35. The van der Waals surface area contributed by atoms with Gasteiger partial charge in [-0.3, -0.25) is 9.59 Å². The highest BCUT2D eigenvalue weighted by Gasteiger charge is 2.26. The highest BCUT2D eigenvalue weighted by atomic mass is 35.5. The average Bonchev–Trinajstić information content (AvgIpc) is 2.65. The Morgan fingerprint density at radius 3 is 2.46 bits per heavy atom. The summed E-state index contributed by atoms with van der Waals surface area (Å²) < 4.78 is 5.55. The topological polar surface area (TPSA) is 58.6 Å². The molecule has 0 fully saturated rings. The number of amides is 2. The summed E-state index contributed by atoms with van der Waals surface area (Å²) in [6.45, 7) is 3.84. The Balaban J connectivity index is 2.18. The smallest absolute Gasteiger partial charge is 0.261 e. The molecule has 0 heterocycles. The molecule has 1 N–H and O–H groups in total. The number of hydrogen-bond acceptors (Lipinski definition) is 3. The molecule has 28 heavy (non-hydrogen) atoms. The van der Waals surface area contributed by atoms with Crippen LogP contribution in [-0.4, -0.2) is 35.9 Å². The Labute approximate surface area is 179 Å². The van der Waals surface area contributed by atoms with Crippen molar-refractivity contribution in [3.05, 3.63) is 63.1 Å². The number of carbonyl (C=O) groups excluding carboxylic acids is 2. The third kappa shape index (κ3) is 6.30. The number of benzene rings is 2. The molecule has 0 aliphatic carbocycles. The molecule has 0 radical (unpaired) electrons. The van der Waals surface area contributed by atoms with E-state index in [0.717, 1.165) is 0 Å². The summed E-state index contributed by atoms with van der Waals surface area (Å²) in [4.78, 5) is 26.6. The van der Waals surface area contributed by atoms with Crippen molar-refractivity contribution in [3.8, 4) is 5.75 Å². The van der Waals surface area contributed by atoms with E-state index >= 15 is 0 Å². The fraction of sp³-hybridized carbons (Fsp3) is 0.300. The molecular weight excluding hydrogens is 423 g/mol. The molecule has 0 aliphatic rings. The minimum Gasteiger partial charge on any atom is -0.484 e. The first-order valence-electron chi connectivity index (χ1n) is 8.71. The Hall–Kier alpha value is -1.95. The van der Waals surface area contributed by atoms with Gasteiger partial charge in [-0.05, 0) is 49.7 Å². The van der Waals surface area contributed by atoms with Crippen LogP contribution < -0.4 is 10.1 Å². The van der Waals surface area contributed by atoms with Crippen molar-refractivity contribution in [1.82, 2.24) is 10.2 Å². The van der Waals surface area contributed by atoms with E-state index in [9.17, 15) is 9.59 Å². The van der Waals surface area contributed by atoms with Crippen LogP contribution in [0.2, 0.25) is 15.1 Å². The summed E-state index contributed by atoms with van der Waals surface area (Å²) in [7, 11) is 0. The van der Waals surface area contributed by atoms with Crippen LogP contribution in [0.4, 0.5) is 0 Å². The maximum absolute atomic E-state index is 12.9. The number of hydrogen-bond donors (Lipinski definition) is 1. The SMILES string of the molecule is CCNC(=O)[C@H](C)N(Cc1ccc(Cl)cc1Cl)C(=O)COc1cccc(Cl)c1. The first-order valence-corrected chi connectivity index (χ1v) is 9.84. The van der Waals surface area contributed by atoms with Gasteiger partial charge in [-0.1, -0.05) is 46.9 Å². The van der Waals surface area contributed by atoms with Crippen LogP contribution in [0.1, 0.15) is 19.4 Å². The van der Waals surface area contributed by atoms with Crippen molar-refractivity contribution in [1.29, 1.82) is 0 Å². The molecule has 0 saturated heterocycles. The minimum atomic E-state index is -0.706. The van der Waals surface area contributed by atoms with Crippen molar-refractivity contribution in [3.63, 3.8) is 0 Å². The van der Waals surface area contributed by atoms with Crippen molar-refractivity contribution >= 4 is 46.6 Å². The largest absolute Gasteiger partial charge is 0.484 e. The van der Waals surface area contributed by atoms with E-state index < -0.39 is 6.04 Å². The highest BCUT2D eigenvalue weighted by Crippen LogP contribution is 2.23. The third-order valence-corrected chi connectivity index (χ3v) is 4.85. The average molecular weight is 444 g/mol. The normalized spacial score (nSPS) is 11.6. The number of likely N-dealkylation sites (N-methyl/N-ethyl adjacent to an activating group) is 1. The zero-order valence-corrected chi connectivity index (χ0v) is 17.8. The maximum Gasteiger partial charge on any atom is 0.261 e. The van der Waals surface area contributed by atoms with Crippen LogP contribution in [0, 0.1) is 0 Å². The number of nitrogens with one attached hydrogen (secondary N) is 1. The number of halogens is 3. The van der Waals surface area contributed by atoms with E-state index in [2.05, 4.69) is 5.32 Å². The molecule has 2 amide bonds. The van der Waals surface area contributed by atoms with E-state index in [1.165, 1.54) is 4.90 Å². The van der Waals surface area contributed by atoms with E-state index in [4.69, 9.17) is 39.5 Å². The van der Waals surface area contributed by atoms with Gasteiger partial charge in [0.25, 0.3) is 5.91 Å². The molecular formula is C20H21Cl3N2O3. The second kappa shape index (κ2) is 10.6. The van der Waals surface area contributed by atoms with Gasteiger partial charge < -0.3 is 15.0 Å². The van der Waals surface area contributed by atoms with E-state index in [1.807, 2.05) is 6.92 Å². The molecule has 2 aromatic rings. The fourth-order valence-electron chi connectivity index (χ4n) is 2.52. The summed E-state index contributed by atoms with van der Waals surface area (Å²) >= 11 is 18.1. The van der Waals surface area contributed by atoms with Crippen molar-refractivity contribution in [2.24, 2.45) is 0 Å². The Morgan fingerprint density at radius 2 is 1.82 bits per heavy atom. The van der Waals surface area contributed by atoms with Crippen LogP contribution in [0.25, 0.3) is 0 Å². The highest BCUT2D eigenvalue weighted by molar-refractivity contribution is 6.35. The molecule has 0 unspecified atom stereocenters. The maximum atomic E-state index is 12.9. The molecule has 1 atom stereocenters. The lowest BCUT2D eigenvalue weighted by atomic mass is 10.1. The van der Waals surface area contributed by atoms with Gasteiger partial charge in [0.1, 0.15) is 11.8 Å². The van der Waals surface area contributed by atoms with E-state index in [0.29, 0.717) is 32.9 Å². The molecule has 2 aromatic carbocycles. The predicted octanol–water partition coefficient (Wildman–Crippen LogP) is 4.58. The zero-order valence-electron chi connectivity index (χ0n) is 15.5. The summed E-state index contributed by atoms with van der Waals surface area (Å²) in [5.41, 5.74) is 0.679. The van der Waals surface area contributed by atoms with Gasteiger partial charge >= 0.3 is 0 Å². The summed E-state index contributed by atoms with van der Waals surface area (Å²) in [6.07, 6.45) is 0. The van der Waals surface area contributed by atoms with Crippen LogP contribution in [0.3, 0.4) is 0 Å². The molecule has 8 heteroatoms. The summed E-state index contributed by atoms with van der Waals surface area (Å²) in [5.74, 6) is -0.149. The van der Waals surface area contributed by atoms with Gasteiger partial charge in [-0.25, -0.2) is 0 Å². The van der Waals surface area contributed by atoms with Gasteiger partial charge in [0.2, 0.25) is 5.91 Å². The van der Waals surface area contributed by atoms with E-state index in [-0.39, 0.29) is 25.0 Å². The monoisotopic (exact) mass is 442 g/mol. The van der Waals surface area contributed by atoms with Gasteiger partial charge in [0.05, 0.1) is 0 Å². The van der Waals surface area contributed by atoms with Gasteiger partial charge in [-0.15, -0.1) is 0 Å². The number of carbonyl (C=O) groups is 2. The third-order valence-electron chi connectivity index (χ3n) is 4.03. The van der Waals surface area contributed by atoms with Crippen molar-refractivity contribution < 1.29 is 14.3 Å². The lowest BCUT2D eigenvalue weighted by molar-refractivity contribution is -0.142. The summed E-state index contributed by atoms with van der Waals surface area (Å²) in [6, 6.07) is 11.1. The standard InChI is InChI=1S/C20H21Cl3N2O3/c1-3-24-20(27)13(2)25(11-14-7-8-16(22)10-18(14)23)19(26)12-28-17-6-4-5-15(21)9-17/h4-10,13H,3,11-12H2,1-2H3,(H,24,27)/t13-/m0/s1. The lowest BCUT2D eigenvalue weighted by Crippen LogP contribution is -2.49. The Kier molecular flexibility index (Phi) is 8.42. The fourth-order valence-corrected chi connectivity index (χ4v) is 3.17.